The zero-order valence-electron chi connectivity index (χ0n) is 13.1. The minimum absolute atomic E-state index is 0.695. The first-order valence-electron chi connectivity index (χ1n) is 7.78. The summed E-state index contributed by atoms with van der Waals surface area (Å²) in [5.41, 5.74) is 1.72. The number of benzene rings is 1. The van der Waals surface area contributed by atoms with Gasteiger partial charge in [0, 0.05) is 5.39 Å². The molecule has 3 rings (SSSR count). The van der Waals surface area contributed by atoms with E-state index in [0.29, 0.717) is 5.56 Å². The molecule has 1 fully saturated rings. The molecule has 0 saturated carbocycles. The number of anilines is 1. The fourth-order valence-electron chi connectivity index (χ4n) is 3.05. The van der Waals surface area contributed by atoms with E-state index in [0.717, 1.165) is 48.6 Å². The van der Waals surface area contributed by atoms with Crippen molar-refractivity contribution in [2.45, 2.75) is 6.92 Å². The summed E-state index contributed by atoms with van der Waals surface area (Å²) in [5, 5.41) is 10.5. The van der Waals surface area contributed by atoms with Gasteiger partial charge in [-0.25, -0.2) is 9.88 Å². The zero-order chi connectivity index (χ0) is 15.5. The molecule has 114 valence electrons. The smallest absolute Gasteiger partial charge is 0.293 e. The topological polar surface area (TPSA) is 54.8 Å². The lowest BCUT2D eigenvalue weighted by Crippen LogP contribution is -3.14. The normalized spacial score (nSPS) is 15.8. The molecule has 0 aliphatic carbocycles. The molecule has 0 bridgehead atoms. The van der Waals surface area contributed by atoms with Gasteiger partial charge in [-0.2, -0.15) is 5.26 Å². The van der Waals surface area contributed by atoms with Crippen LogP contribution in [0.15, 0.2) is 24.3 Å². The van der Waals surface area contributed by atoms with Crippen molar-refractivity contribution in [3.63, 3.8) is 0 Å². The van der Waals surface area contributed by atoms with Gasteiger partial charge >= 0.3 is 0 Å². The number of piperazine rings is 1. The summed E-state index contributed by atoms with van der Waals surface area (Å²) < 4.78 is 5.26. The van der Waals surface area contributed by atoms with Crippen molar-refractivity contribution in [3.8, 4) is 11.8 Å². The van der Waals surface area contributed by atoms with Crippen LogP contribution in [0.2, 0.25) is 0 Å². The molecular weight excluding hydrogens is 276 g/mol. The maximum Gasteiger partial charge on any atom is 0.293 e. The first-order chi connectivity index (χ1) is 10.7. The Kier molecular flexibility index (Phi) is 4.12. The number of aromatic nitrogens is 1. The molecule has 1 aliphatic heterocycles. The predicted molar refractivity (Wildman–Crippen MR) is 85.2 cm³/mol. The van der Waals surface area contributed by atoms with Crippen molar-refractivity contribution in [2.24, 2.45) is 0 Å². The van der Waals surface area contributed by atoms with Gasteiger partial charge in [-0.3, -0.25) is 0 Å². The Morgan fingerprint density at radius 1 is 1.32 bits per heavy atom. The Balaban J connectivity index is 1.97. The SMILES string of the molecule is CC[NH+]1CCN(c2[nH+]c3ccc(OC)cc3cc2C#N)CC1. The molecule has 1 aromatic heterocycles. The molecular formula is C17H22N4O+2. The highest BCUT2D eigenvalue weighted by atomic mass is 16.5. The number of rotatable bonds is 3. The average Bonchev–Trinajstić information content (AvgIpc) is 2.60. The molecule has 1 aromatic carbocycles. The molecule has 0 spiro atoms. The van der Waals surface area contributed by atoms with Crippen LogP contribution in [0.4, 0.5) is 5.82 Å². The zero-order valence-corrected chi connectivity index (χ0v) is 13.1. The Morgan fingerprint density at radius 2 is 2.09 bits per heavy atom. The van der Waals surface area contributed by atoms with E-state index < -0.39 is 0 Å². The first-order valence-corrected chi connectivity index (χ1v) is 7.78. The van der Waals surface area contributed by atoms with Gasteiger partial charge in [-0.1, -0.05) is 0 Å². The second-order valence-electron chi connectivity index (χ2n) is 5.69. The minimum atomic E-state index is 0.695. The molecule has 2 N–H and O–H groups in total. The van der Waals surface area contributed by atoms with E-state index in [1.54, 1.807) is 12.0 Å². The number of nitrogens with zero attached hydrogens (tertiary/aromatic N) is 2. The summed E-state index contributed by atoms with van der Waals surface area (Å²) in [7, 11) is 1.65. The molecule has 1 aliphatic rings. The van der Waals surface area contributed by atoms with E-state index >= 15 is 0 Å². The number of nitrogens with one attached hydrogen (secondary N) is 2. The second-order valence-corrected chi connectivity index (χ2v) is 5.69. The van der Waals surface area contributed by atoms with Gasteiger partial charge < -0.3 is 9.64 Å². The van der Waals surface area contributed by atoms with Crippen molar-refractivity contribution >= 4 is 16.7 Å². The first kappa shape index (κ1) is 14.6. The second kappa shape index (κ2) is 6.20. The molecule has 5 nitrogen and oxygen atoms in total. The van der Waals surface area contributed by atoms with Crippen molar-refractivity contribution in [1.29, 1.82) is 5.26 Å². The van der Waals surface area contributed by atoms with E-state index in [9.17, 15) is 5.26 Å². The van der Waals surface area contributed by atoms with E-state index in [1.165, 1.54) is 6.54 Å². The molecule has 22 heavy (non-hydrogen) atoms. The van der Waals surface area contributed by atoms with Crippen LogP contribution < -0.4 is 19.5 Å². The fraction of sp³-hybridized carbons (Fsp3) is 0.412. The lowest BCUT2D eigenvalue weighted by Gasteiger charge is -2.27. The maximum absolute atomic E-state index is 9.50. The Labute approximate surface area is 130 Å². The van der Waals surface area contributed by atoms with Gasteiger partial charge in [0.15, 0.2) is 0 Å². The number of nitriles is 1. The van der Waals surface area contributed by atoms with Gasteiger partial charge in [0.1, 0.15) is 49.1 Å². The molecule has 5 heteroatoms. The van der Waals surface area contributed by atoms with Crippen LogP contribution in [0.1, 0.15) is 12.5 Å². The van der Waals surface area contributed by atoms with E-state index in [1.807, 2.05) is 24.3 Å². The fourth-order valence-corrected chi connectivity index (χ4v) is 3.05. The van der Waals surface area contributed by atoms with Crippen LogP contribution in [0, 0.1) is 11.3 Å². The summed E-state index contributed by atoms with van der Waals surface area (Å²) in [5.74, 6) is 1.74. The number of aromatic amines is 1. The number of hydrogen-bond donors (Lipinski definition) is 1. The highest BCUT2D eigenvalue weighted by Crippen LogP contribution is 2.23. The van der Waals surface area contributed by atoms with Crippen LogP contribution >= 0.6 is 0 Å². The Bertz CT molecular complexity index is 714. The lowest BCUT2D eigenvalue weighted by atomic mass is 10.1. The number of pyridine rings is 1. The highest BCUT2D eigenvalue weighted by molar-refractivity contribution is 5.80. The monoisotopic (exact) mass is 298 g/mol. The molecule has 0 radical (unpaired) electrons. The summed E-state index contributed by atoms with van der Waals surface area (Å²) in [4.78, 5) is 7.36. The number of methoxy groups -OCH3 is 1. The minimum Gasteiger partial charge on any atom is -0.497 e. The number of hydrogen-bond acceptors (Lipinski definition) is 3. The van der Waals surface area contributed by atoms with Gasteiger partial charge in [-0.15, -0.1) is 0 Å². The summed E-state index contributed by atoms with van der Waals surface area (Å²) in [6.45, 7) is 7.60. The molecule has 0 atom stereocenters. The molecule has 0 amide bonds. The van der Waals surface area contributed by atoms with Crippen molar-refractivity contribution in [2.75, 3.05) is 44.7 Å². The summed E-state index contributed by atoms with van der Waals surface area (Å²) in [6, 6.07) is 10.2. The average molecular weight is 298 g/mol. The number of fused-ring (bicyclic) bond motifs is 1. The molecule has 2 aromatic rings. The Morgan fingerprint density at radius 3 is 2.73 bits per heavy atom. The number of likely N-dealkylation sites (N-methyl/N-ethyl adjacent to an activating group) is 1. The molecule has 2 heterocycles. The van der Waals surface area contributed by atoms with Crippen molar-refractivity contribution in [3.05, 3.63) is 29.8 Å². The van der Waals surface area contributed by atoms with Gasteiger partial charge in [0.05, 0.1) is 13.7 Å². The molecule has 1 saturated heterocycles. The van der Waals surface area contributed by atoms with Crippen LogP contribution in [-0.4, -0.2) is 39.8 Å². The lowest BCUT2D eigenvalue weighted by molar-refractivity contribution is -0.898. The van der Waals surface area contributed by atoms with Gasteiger partial charge in [0.25, 0.3) is 5.82 Å². The third-order valence-electron chi connectivity index (χ3n) is 4.47. The number of ether oxygens (including phenoxy) is 1. The van der Waals surface area contributed by atoms with Crippen LogP contribution in [0.5, 0.6) is 5.75 Å². The van der Waals surface area contributed by atoms with E-state index in [4.69, 9.17) is 4.74 Å². The largest absolute Gasteiger partial charge is 0.497 e. The predicted octanol–water partition coefficient (Wildman–Crippen LogP) is 0.259. The van der Waals surface area contributed by atoms with Crippen molar-refractivity contribution in [1.82, 2.24) is 0 Å². The van der Waals surface area contributed by atoms with Crippen LogP contribution in [0.3, 0.4) is 0 Å². The van der Waals surface area contributed by atoms with Gasteiger partial charge in [-0.05, 0) is 31.2 Å². The number of quaternary nitrogens is 1. The van der Waals surface area contributed by atoms with E-state index in [2.05, 4.69) is 22.9 Å². The summed E-state index contributed by atoms with van der Waals surface area (Å²) >= 11 is 0. The van der Waals surface area contributed by atoms with Crippen molar-refractivity contribution < 1.29 is 14.6 Å². The standard InChI is InChI=1S/C17H20N4O/c1-3-20-6-8-21(9-7-20)17-14(12-18)10-13-11-15(22-2)4-5-16(13)19-17/h4-5,10-11H,3,6-9H2,1-2H3/p+2. The maximum atomic E-state index is 9.50. The quantitative estimate of drug-likeness (QED) is 0.884. The number of H-pyrrole nitrogens is 1. The third kappa shape index (κ3) is 2.70. The van der Waals surface area contributed by atoms with Gasteiger partial charge in [0.2, 0.25) is 0 Å². The third-order valence-corrected chi connectivity index (χ3v) is 4.47. The van der Waals surface area contributed by atoms with Crippen LogP contribution in [0.25, 0.3) is 10.9 Å². The summed E-state index contributed by atoms with van der Waals surface area (Å²) in [6.07, 6.45) is 0. The molecule has 0 unspecified atom stereocenters. The van der Waals surface area contributed by atoms with Crippen LogP contribution in [-0.2, 0) is 0 Å². The van der Waals surface area contributed by atoms with E-state index in [-0.39, 0.29) is 0 Å². The highest BCUT2D eigenvalue weighted by Gasteiger charge is 2.28. The Hall–Kier alpha value is -2.32.